The summed E-state index contributed by atoms with van der Waals surface area (Å²) in [4.78, 5) is 4.26. The van der Waals surface area contributed by atoms with Gasteiger partial charge in [-0.05, 0) is 19.3 Å². The second-order valence-corrected chi connectivity index (χ2v) is 3.39. The Kier molecular flexibility index (Phi) is 5.22. The zero-order valence-electron chi connectivity index (χ0n) is 8.70. The van der Waals surface area contributed by atoms with E-state index in [0.29, 0.717) is 5.89 Å². The molecule has 80 valence electrons. The number of aromatic nitrogens is 2. The van der Waals surface area contributed by atoms with Crippen LogP contribution in [0.4, 0.5) is 0 Å². The van der Waals surface area contributed by atoms with Crippen LogP contribution < -0.4 is 0 Å². The minimum Gasteiger partial charge on any atom is -0.396 e. The zero-order valence-corrected chi connectivity index (χ0v) is 8.70. The lowest BCUT2D eigenvalue weighted by molar-refractivity contribution is 0.280. The van der Waals surface area contributed by atoms with Gasteiger partial charge in [-0.25, -0.2) is 0 Å². The molecule has 0 saturated heterocycles. The summed E-state index contributed by atoms with van der Waals surface area (Å²) in [7, 11) is 0. The third-order valence-electron chi connectivity index (χ3n) is 2.06. The van der Waals surface area contributed by atoms with Crippen LogP contribution in [0.25, 0.3) is 0 Å². The largest absolute Gasteiger partial charge is 0.396 e. The number of hydrogen-bond acceptors (Lipinski definition) is 4. The molecule has 4 nitrogen and oxygen atoms in total. The smallest absolute Gasteiger partial charge is 0.226 e. The van der Waals surface area contributed by atoms with E-state index in [1.165, 1.54) is 0 Å². The molecule has 0 spiro atoms. The van der Waals surface area contributed by atoms with E-state index >= 15 is 0 Å². The Morgan fingerprint density at radius 3 is 2.79 bits per heavy atom. The topological polar surface area (TPSA) is 59.2 Å². The lowest BCUT2D eigenvalue weighted by Crippen LogP contribution is -1.90. The molecule has 0 aliphatic rings. The van der Waals surface area contributed by atoms with E-state index in [-0.39, 0.29) is 6.61 Å². The van der Waals surface area contributed by atoms with Crippen molar-refractivity contribution < 1.29 is 9.63 Å². The van der Waals surface area contributed by atoms with Crippen LogP contribution in [-0.4, -0.2) is 21.9 Å². The van der Waals surface area contributed by atoms with Crippen molar-refractivity contribution in [1.82, 2.24) is 10.1 Å². The first kappa shape index (κ1) is 11.2. The molecule has 1 rings (SSSR count). The molecule has 0 aromatic carbocycles. The Balaban J connectivity index is 2.27. The summed E-state index contributed by atoms with van der Waals surface area (Å²) in [6, 6.07) is 0. The summed E-state index contributed by atoms with van der Waals surface area (Å²) in [5.41, 5.74) is 0. The third kappa shape index (κ3) is 3.87. The second-order valence-electron chi connectivity index (χ2n) is 3.39. The molecular formula is C10H18N2O2. The van der Waals surface area contributed by atoms with Gasteiger partial charge in [0.25, 0.3) is 0 Å². The summed E-state index contributed by atoms with van der Waals surface area (Å²) in [6.07, 6.45) is 5.64. The van der Waals surface area contributed by atoms with Crippen molar-refractivity contribution in [2.45, 2.75) is 45.4 Å². The van der Waals surface area contributed by atoms with Crippen LogP contribution in [-0.2, 0) is 12.8 Å². The van der Waals surface area contributed by atoms with Crippen LogP contribution in [0.5, 0.6) is 0 Å². The van der Waals surface area contributed by atoms with Gasteiger partial charge >= 0.3 is 0 Å². The standard InChI is InChI=1S/C10H18N2O2/c1-2-3-6-9-11-10(14-12-9)7-4-5-8-13/h13H,2-8H2,1H3. The fourth-order valence-electron chi connectivity index (χ4n) is 1.22. The van der Waals surface area contributed by atoms with Gasteiger partial charge in [-0.15, -0.1) is 0 Å². The average Bonchev–Trinajstić information content (AvgIpc) is 2.63. The van der Waals surface area contributed by atoms with Crippen molar-refractivity contribution in [1.29, 1.82) is 0 Å². The molecule has 0 fully saturated rings. The van der Waals surface area contributed by atoms with E-state index in [1.54, 1.807) is 0 Å². The fraction of sp³-hybridized carbons (Fsp3) is 0.800. The Morgan fingerprint density at radius 1 is 1.21 bits per heavy atom. The first-order chi connectivity index (χ1) is 6.86. The summed E-state index contributed by atoms with van der Waals surface area (Å²) < 4.78 is 5.07. The SMILES string of the molecule is CCCCc1noc(CCCCO)n1. The Hall–Kier alpha value is -0.900. The number of aliphatic hydroxyl groups is 1. The number of rotatable bonds is 7. The lowest BCUT2D eigenvalue weighted by atomic mass is 10.2. The maximum absolute atomic E-state index is 8.60. The molecule has 14 heavy (non-hydrogen) atoms. The number of hydrogen-bond donors (Lipinski definition) is 1. The van der Waals surface area contributed by atoms with E-state index in [2.05, 4.69) is 17.1 Å². The van der Waals surface area contributed by atoms with E-state index in [9.17, 15) is 0 Å². The van der Waals surface area contributed by atoms with Gasteiger partial charge in [0.05, 0.1) is 0 Å². The minimum atomic E-state index is 0.233. The van der Waals surface area contributed by atoms with Crippen LogP contribution in [0.1, 0.15) is 44.3 Å². The van der Waals surface area contributed by atoms with Crippen LogP contribution in [0.3, 0.4) is 0 Å². The van der Waals surface area contributed by atoms with Crippen molar-refractivity contribution in [3.05, 3.63) is 11.7 Å². The maximum Gasteiger partial charge on any atom is 0.226 e. The van der Waals surface area contributed by atoms with Crippen molar-refractivity contribution >= 4 is 0 Å². The van der Waals surface area contributed by atoms with Gasteiger partial charge in [-0.3, -0.25) is 0 Å². The first-order valence-electron chi connectivity index (χ1n) is 5.29. The molecular weight excluding hydrogens is 180 g/mol. The van der Waals surface area contributed by atoms with E-state index in [1.807, 2.05) is 0 Å². The van der Waals surface area contributed by atoms with Crippen LogP contribution in [0.15, 0.2) is 4.52 Å². The van der Waals surface area contributed by atoms with Crippen LogP contribution >= 0.6 is 0 Å². The highest BCUT2D eigenvalue weighted by Gasteiger charge is 2.04. The predicted octanol–water partition coefficient (Wildman–Crippen LogP) is 1.73. The predicted molar refractivity (Wildman–Crippen MR) is 52.9 cm³/mol. The molecule has 0 unspecified atom stereocenters. The molecule has 0 aliphatic carbocycles. The molecule has 0 amide bonds. The van der Waals surface area contributed by atoms with E-state index in [4.69, 9.17) is 9.63 Å². The molecule has 0 bridgehead atoms. The molecule has 0 atom stereocenters. The third-order valence-corrected chi connectivity index (χ3v) is 2.06. The average molecular weight is 198 g/mol. The molecule has 0 radical (unpaired) electrons. The summed E-state index contributed by atoms with van der Waals surface area (Å²) in [5.74, 6) is 1.51. The van der Waals surface area contributed by atoms with Crippen molar-refractivity contribution in [2.75, 3.05) is 6.61 Å². The van der Waals surface area contributed by atoms with Gasteiger partial charge in [0.15, 0.2) is 5.82 Å². The number of nitrogens with zero attached hydrogens (tertiary/aromatic N) is 2. The first-order valence-corrected chi connectivity index (χ1v) is 5.29. The summed E-state index contributed by atoms with van der Waals surface area (Å²) in [5, 5.41) is 12.5. The molecule has 0 saturated carbocycles. The van der Waals surface area contributed by atoms with Gasteiger partial charge < -0.3 is 9.63 Å². The highest BCUT2D eigenvalue weighted by molar-refractivity contribution is 4.86. The molecule has 1 heterocycles. The highest BCUT2D eigenvalue weighted by Crippen LogP contribution is 2.05. The van der Waals surface area contributed by atoms with Gasteiger partial charge in [0, 0.05) is 19.4 Å². The quantitative estimate of drug-likeness (QED) is 0.678. The van der Waals surface area contributed by atoms with E-state index in [0.717, 1.165) is 44.3 Å². The zero-order chi connectivity index (χ0) is 10.2. The molecule has 1 aromatic rings. The Bertz CT molecular complexity index is 248. The Morgan fingerprint density at radius 2 is 2.07 bits per heavy atom. The maximum atomic E-state index is 8.60. The normalized spacial score (nSPS) is 10.7. The minimum absolute atomic E-state index is 0.233. The summed E-state index contributed by atoms with van der Waals surface area (Å²) >= 11 is 0. The van der Waals surface area contributed by atoms with Gasteiger partial charge in [0.2, 0.25) is 5.89 Å². The fourth-order valence-corrected chi connectivity index (χ4v) is 1.22. The molecule has 0 aliphatic heterocycles. The van der Waals surface area contributed by atoms with E-state index < -0.39 is 0 Å². The Labute approximate surface area is 84.3 Å². The van der Waals surface area contributed by atoms with Gasteiger partial charge in [0.1, 0.15) is 0 Å². The molecule has 4 heteroatoms. The lowest BCUT2D eigenvalue weighted by Gasteiger charge is -1.91. The van der Waals surface area contributed by atoms with Crippen LogP contribution in [0.2, 0.25) is 0 Å². The van der Waals surface area contributed by atoms with Crippen LogP contribution in [0, 0.1) is 0 Å². The number of aliphatic hydroxyl groups excluding tert-OH is 1. The molecule has 1 N–H and O–H groups in total. The monoisotopic (exact) mass is 198 g/mol. The van der Waals surface area contributed by atoms with Crippen molar-refractivity contribution in [2.24, 2.45) is 0 Å². The van der Waals surface area contributed by atoms with Crippen molar-refractivity contribution in [3.8, 4) is 0 Å². The second kappa shape index (κ2) is 6.54. The van der Waals surface area contributed by atoms with Gasteiger partial charge in [-0.2, -0.15) is 4.98 Å². The molecule has 1 aromatic heterocycles. The van der Waals surface area contributed by atoms with Crippen molar-refractivity contribution in [3.63, 3.8) is 0 Å². The number of unbranched alkanes of at least 4 members (excludes halogenated alkanes) is 2. The highest BCUT2D eigenvalue weighted by atomic mass is 16.5. The number of aryl methyl sites for hydroxylation is 2. The summed E-state index contributed by atoms with van der Waals surface area (Å²) in [6.45, 7) is 2.37. The van der Waals surface area contributed by atoms with Gasteiger partial charge in [-0.1, -0.05) is 18.5 Å².